The second kappa shape index (κ2) is 6.78. The van der Waals surface area contributed by atoms with Gasteiger partial charge in [0, 0.05) is 10.3 Å². The summed E-state index contributed by atoms with van der Waals surface area (Å²) in [6, 6.07) is 8.08. The van der Waals surface area contributed by atoms with E-state index in [4.69, 9.17) is 11.6 Å². The van der Waals surface area contributed by atoms with Crippen LogP contribution in [0.3, 0.4) is 0 Å². The summed E-state index contributed by atoms with van der Waals surface area (Å²) in [6.07, 6.45) is 0. The van der Waals surface area contributed by atoms with E-state index < -0.39 is 11.7 Å². The summed E-state index contributed by atoms with van der Waals surface area (Å²) >= 11 is 9.03. The van der Waals surface area contributed by atoms with Crippen molar-refractivity contribution in [1.82, 2.24) is 10.3 Å². The Hall–Kier alpha value is -1.76. The molecule has 0 aliphatic carbocycles. The van der Waals surface area contributed by atoms with Gasteiger partial charge in [0.05, 0.1) is 32.7 Å². The molecule has 0 aliphatic heterocycles. The molecule has 2 aromatic heterocycles. The van der Waals surface area contributed by atoms with Crippen molar-refractivity contribution >= 4 is 40.2 Å². The molecule has 3 aromatic rings. The van der Waals surface area contributed by atoms with Gasteiger partial charge in [-0.3, -0.25) is 4.79 Å². The van der Waals surface area contributed by atoms with Crippen LogP contribution >= 0.6 is 34.3 Å². The highest BCUT2D eigenvalue weighted by molar-refractivity contribution is 7.16. The van der Waals surface area contributed by atoms with Crippen LogP contribution < -0.4 is 5.32 Å². The van der Waals surface area contributed by atoms with E-state index in [1.54, 1.807) is 22.7 Å². The monoisotopic (exact) mass is 366 g/mol. The number of aromatic nitrogens is 1. The second-order valence-corrected chi connectivity index (χ2v) is 7.43. The molecule has 23 heavy (non-hydrogen) atoms. The van der Waals surface area contributed by atoms with E-state index >= 15 is 0 Å². The Kier molecular flexibility index (Phi) is 4.75. The van der Waals surface area contributed by atoms with E-state index in [1.165, 1.54) is 18.2 Å². The zero-order valence-electron chi connectivity index (χ0n) is 12.1. The first-order valence-corrected chi connectivity index (χ1v) is 8.85. The summed E-state index contributed by atoms with van der Waals surface area (Å²) in [5, 5.41) is 5.81. The van der Waals surface area contributed by atoms with Gasteiger partial charge >= 0.3 is 0 Å². The highest BCUT2D eigenvalue weighted by atomic mass is 35.5. The molecule has 0 unspecified atom stereocenters. The number of aryl methyl sites for hydroxylation is 1. The smallest absolute Gasteiger partial charge is 0.256 e. The Morgan fingerprint density at radius 2 is 2.17 bits per heavy atom. The number of amides is 1. The van der Waals surface area contributed by atoms with Crippen LogP contribution in [0.25, 0.3) is 10.6 Å². The first-order chi connectivity index (χ1) is 11.0. The van der Waals surface area contributed by atoms with Crippen LogP contribution in [0, 0.1) is 12.7 Å². The molecule has 118 valence electrons. The third-order valence-electron chi connectivity index (χ3n) is 3.15. The van der Waals surface area contributed by atoms with E-state index in [0.29, 0.717) is 6.54 Å². The van der Waals surface area contributed by atoms with Crippen molar-refractivity contribution in [2.75, 3.05) is 0 Å². The van der Waals surface area contributed by atoms with Gasteiger partial charge in [0.25, 0.3) is 5.91 Å². The molecule has 3 rings (SSSR count). The van der Waals surface area contributed by atoms with Gasteiger partial charge in [-0.15, -0.1) is 22.7 Å². The fourth-order valence-corrected chi connectivity index (χ4v) is 3.90. The maximum Gasteiger partial charge on any atom is 0.256 e. The molecule has 0 aliphatic rings. The van der Waals surface area contributed by atoms with E-state index in [1.807, 2.05) is 24.4 Å². The topological polar surface area (TPSA) is 42.0 Å². The highest BCUT2D eigenvalue weighted by Gasteiger charge is 2.15. The van der Waals surface area contributed by atoms with Gasteiger partial charge in [-0.2, -0.15) is 0 Å². The number of carbonyl (C=O) groups is 1. The fourth-order valence-electron chi connectivity index (χ4n) is 2.06. The molecular weight excluding hydrogens is 355 g/mol. The van der Waals surface area contributed by atoms with Gasteiger partial charge in [0.1, 0.15) is 5.82 Å². The normalized spacial score (nSPS) is 10.7. The number of nitrogens with one attached hydrogen (secondary N) is 1. The maximum atomic E-state index is 13.7. The Bertz CT molecular complexity index is 839. The first kappa shape index (κ1) is 16.1. The maximum absolute atomic E-state index is 13.7. The number of halogens is 2. The molecule has 1 amide bonds. The molecule has 3 nitrogen and oxygen atoms in total. The molecule has 0 saturated heterocycles. The largest absolute Gasteiger partial charge is 0.347 e. The van der Waals surface area contributed by atoms with E-state index in [-0.39, 0.29) is 10.6 Å². The molecular formula is C16H12ClFN2OS2. The fraction of sp³-hybridized carbons (Fsp3) is 0.125. The van der Waals surface area contributed by atoms with Crippen LogP contribution in [0.4, 0.5) is 4.39 Å². The molecule has 0 atom stereocenters. The van der Waals surface area contributed by atoms with Gasteiger partial charge < -0.3 is 5.32 Å². The third-order valence-corrected chi connectivity index (χ3v) is 5.34. The van der Waals surface area contributed by atoms with Crippen LogP contribution in [0.2, 0.25) is 5.02 Å². The Balaban J connectivity index is 1.69. The number of benzene rings is 1. The van der Waals surface area contributed by atoms with E-state index in [2.05, 4.69) is 10.3 Å². The van der Waals surface area contributed by atoms with Gasteiger partial charge in [-0.05, 0) is 31.2 Å². The molecule has 1 N–H and O–H groups in total. The number of rotatable bonds is 4. The molecule has 0 bridgehead atoms. The lowest BCUT2D eigenvalue weighted by atomic mass is 10.2. The van der Waals surface area contributed by atoms with Crippen molar-refractivity contribution in [3.05, 3.63) is 62.0 Å². The summed E-state index contributed by atoms with van der Waals surface area (Å²) in [5.41, 5.74) is 0.813. The lowest BCUT2D eigenvalue weighted by Crippen LogP contribution is -2.23. The number of hydrogen-bond donors (Lipinski definition) is 1. The van der Waals surface area contributed by atoms with Gasteiger partial charge in [0.2, 0.25) is 0 Å². The molecule has 7 heteroatoms. The van der Waals surface area contributed by atoms with Crippen molar-refractivity contribution in [1.29, 1.82) is 0 Å². The zero-order valence-corrected chi connectivity index (χ0v) is 14.5. The number of carbonyl (C=O) groups excluding carboxylic acids is 1. The summed E-state index contributed by atoms with van der Waals surface area (Å²) in [6.45, 7) is 2.28. The van der Waals surface area contributed by atoms with Crippen LogP contribution in [-0.4, -0.2) is 10.9 Å². The minimum absolute atomic E-state index is 0.104. The van der Waals surface area contributed by atoms with Crippen molar-refractivity contribution in [3.63, 3.8) is 0 Å². The third kappa shape index (κ3) is 3.60. The minimum atomic E-state index is -0.625. The second-order valence-electron chi connectivity index (χ2n) is 4.80. The zero-order chi connectivity index (χ0) is 16.4. The predicted molar refractivity (Wildman–Crippen MR) is 92.7 cm³/mol. The molecule has 1 aromatic carbocycles. The molecule has 0 saturated carbocycles. The number of thiazole rings is 1. The van der Waals surface area contributed by atoms with Crippen molar-refractivity contribution < 1.29 is 9.18 Å². The Morgan fingerprint density at radius 3 is 2.87 bits per heavy atom. The van der Waals surface area contributed by atoms with Crippen LogP contribution in [0.5, 0.6) is 0 Å². The van der Waals surface area contributed by atoms with Crippen molar-refractivity contribution in [3.8, 4) is 10.6 Å². The summed E-state index contributed by atoms with van der Waals surface area (Å²) in [7, 11) is 0. The lowest BCUT2D eigenvalue weighted by molar-refractivity contribution is 0.0947. The highest BCUT2D eigenvalue weighted by Crippen LogP contribution is 2.29. The van der Waals surface area contributed by atoms with Gasteiger partial charge in [0.15, 0.2) is 0 Å². The van der Waals surface area contributed by atoms with Crippen LogP contribution in [-0.2, 0) is 6.54 Å². The van der Waals surface area contributed by atoms with Gasteiger partial charge in [-0.25, -0.2) is 9.37 Å². The van der Waals surface area contributed by atoms with Gasteiger partial charge in [-0.1, -0.05) is 17.7 Å². The van der Waals surface area contributed by atoms with Crippen LogP contribution in [0.15, 0.2) is 35.7 Å². The van der Waals surface area contributed by atoms with Crippen LogP contribution in [0.1, 0.15) is 20.2 Å². The van der Waals surface area contributed by atoms with Crippen molar-refractivity contribution in [2.45, 2.75) is 13.5 Å². The average Bonchev–Trinajstić information content (AvgIpc) is 3.13. The Labute approximate surface area is 145 Å². The van der Waals surface area contributed by atoms with Crippen molar-refractivity contribution in [2.24, 2.45) is 0 Å². The Morgan fingerprint density at radius 1 is 1.35 bits per heavy atom. The first-order valence-electron chi connectivity index (χ1n) is 6.78. The SMILES string of the molecule is Cc1nc(-c2ccc(CNC(=O)c3c(F)cccc3Cl)s2)cs1. The predicted octanol–water partition coefficient (Wildman–Crippen LogP) is 4.90. The van der Waals surface area contributed by atoms with E-state index in [9.17, 15) is 9.18 Å². The van der Waals surface area contributed by atoms with E-state index in [0.717, 1.165) is 20.5 Å². The minimum Gasteiger partial charge on any atom is -0.347 e. The number of nitrogens with zero attached hydrogens (tertiary/aromatic N) is 1. The summed E-state index contributed by atoms with van der Waals surface area (Å²) in [5.74, 6) is -1.15. The molecule has 0 radical (unpaired) electrons. The quantitative estimate of drug-likeness (QED) is 0.713. The molecule has 0 spiro atoms. The summed E-state index contributed by atoms with van der Waals surface area (Å²) < 4.78 is 13.7. The lowest BCUT2D eigenvalue weighted by Gasteiger charge is -2.06. The number of hydrogen-bond acceptors (Lipinski definition) is 4. The average molecular weight is 367 g/mol. The standard InChI is InChI=1S/C16H12ClFN2OS2/c1-9-20-13(8-22-9)14-6-5-10(23-14)7-19-16(21)15-11(17)3-2-4-12(15)18/h2-6,8H,7H2,1H3,(H,19,21). The summed E-state index contributed by atoms with van der Waals surface area (Å²) in [4.78, 5) is 18.5. The molecule has 2 heterocycles. The molecule has 0 fully saturated rings. The number of thiophene rings is 1.